The number of carbonyl (C=O) groups is 1. The number of likely N-dealkylation sites (tertiary alicyclic amines) is 1. The standard InChI is InChI=1S/C23H24N4O3/c1-29-18-9-10-19(21(15-18)30-2)20-8-4-13-27(20)22(28)16-6-3-7-17(14-16)26-23-24-11-5-12-25-23/h3,5-7,9-12,14-15,20H,4,8,13H2,1-2H3,(H,24,25,26)/t20-/m0/s1. The summed E-state index contributed by atoms with van der Waals surface area (Å²) in [5, 5.41) is 3.14. The van der Waals surface area contributed by atoms with Crippen molar-refractivity contribution in [2.75, 3.05) is 26.1 Å². The quantitative estimate of drug-likeness (QED) is 0.663. The van der Waals surface area contributed by atoms with Gasteiger partial charge in [0, 0.05) is 41.8 Å². The Hall–Kier alpha value is -3.61. The Kier molecular flexibility index (Phi) is 5.79. The van der Waals surface area contributed by atoms with Crippen molar-refractivity contribution in [1.82, 2.24) is 14.9 Å². The molecule has 1 amide bonds. The fourth-order valence-electron chi connectivity index (χ4n) is 3.82. The fraction of sp³-hybridized carbons (Fsp3) is 0.261. The number of rotatable bonds is 6. The summed E-state index contributed by atoms with van der Waals surface area (Å²) in [6.07, 6.45) is 5.18. The average Bonchev–Trinajstić information content (AvgIpc) is 3.28. The molecule has 1 saturated heterocycles. The third-order valence-electron chi connectivity index (χ3n) is 5.24. The molecular weight excluding hydrogens is 380 g/mol. The van der Waals surface area contributed by atoms with E-state index in [9.17, 15) is 4.79 Å². The molecule has 1 N–H and O–H groups in total. The van der Waals surface area contributed by atoms with Gasteiger partial charge in [-0.2, -0.15) is 0 Å². The molecule has 30 heavy (non-hydrogen) atoms. The molecule has 154 valence electrons. The first-order chi connectivity index (χ1) is 14.7. The van der Waals surface area contributed by atoms with Crippen LogP contribution in [-0.4, -0.2) is 41.5 Å². The van der Waals surface area contributed by atoms with Crippen LogP contribution >= 0.6 is 0 Å². The number of methoxy groups -OCH3 is 2. The average molecular weight is 404 g/mol. The molecule has 1 aliphatic heterocycles. The molecule has 7 nitrogen and oxygen atoms in total. The molecular formula is C23H24N4O3. The molecule has 2 aromatic carbocycles. The van der Waals surface area contributed by atoms with Gasteiger partial charge in [0.2, 0.25) is 5.95 Å². The van der Waals surface area contributed by atoms with Crippen molar-refractivity contribution in [2.24, 2.45) is 0 Å². The number of hydrogen-bond acceptors (Lipinski definition) is 6. The zero-order chi connectivity index (χ0) is 20.9. The minimum atomic E-state index is -0.0348. The predicted molar refractivity (Wildman–Crippen MR) is 114 cm³/mol. The van der Waals surface area contributed by atoms with Crippen molar-refractivity contribution in [3.63, 3.8) is 0 Å². The van der Waals surface area contributed by atoms with Crippen molar-refractivity contribution >= 4 is 17.5 Å². The van der Waals surface area contributed by atoms with E-state index in [2.05, 4.69) is 15.3 Å². The third-order valence-corrected chi connectivity index (χ3v) is 5.24. The van der Waals surface area contributed by atoms with E-state index >= 15 is 0 Å². The number of ether oxygens (including phenoxy) is 2. The van der Waals surface area contributed by atoms with Gasteiger partial charge in [0.25, 0.3) is 5.91 Å². The molecule has 3 aromatic rings. The number of carbonyl (C=O) groups excluding carboxylic acids is 1. The van der Waals surface area contributed by atoms with Gasteiger partial charge in [-0.15, -0.1) is 0 Å². The number of amides is 1. The lowest BCUT2D eigenvalue weighted by Crippen LogP contribution is -2.30. The zero-order valence-corrected chi connectivity index (χ0v) is 17.0. The minimum Gasteiger partial charge on any atom is -0.497 e. The largest absolute Gasteiger partial charge is 0.497 e. The maximum atomic E-state index is 13.4. The summed E-state index contributed by atoms with van der Waals surface area (Å²) in [6, 6.07) is 14.9. The van der Waals surface area contributed by atoms with Gasteiger partial charge in [0.05, 0.1) is 20.3 Å². The Morgan fingerprint density at radius 3 is 2.67 bits per heavy atom. The second-order valence-corrected chi connectivity index (χ2v) is 7.04. The van der Waals surface area contributed by atoms with Gasteiger partial charge in [-0.3, -0.25) is 4.79 Å². The van der Waals surface area contributed by atoms with Gasteiger partial charge in [0.15, 0.2) is 0 Å². The molecule has 7 heteroatoms. The molecule has 1 aliphatic rings. The molecule has 2 heterocycles. The van der Waals surface area contributed by atoms with E-state index in [1.807, 2.05) is 47.4 Å². The molecule has 0 aliphatic carbocycles. The molecule has 1 aromatic heterocycles. The molecule has 0 spiro atoms. The van der Waals surface area contributed by atoms with Crippen LogP contribution in [0.25, 0.3) is 0 Å². The van der Waals surface area contributed by atoms with Crippen molar-refractivity contribution in [3.05, 3.63) is 72.1 Å². The number of nitrogens with one attached hydrogen (secondary N) is 1. The number of anilines is 2. The molecule has 0 radical (unpaired) electrons. The van der Waals surface area contributed by atoms with Crippen LogP contribution in [0.4, 0.5) is 11.6 Å². The highest BCUT2D eigenvalue weighted by atomic mass is 16.5. The Morgan fingerprint density at radius 2 is 1.90 bits per heavy atom. The fourth-order valence-corrected chi connectivity index (χ4v) is 3.82. The summed E-state index contributed by atoms with van der Waals surface area (Å²) in [7, 11) is 3.27. The summed E-state index contributed by atoms with van der Waals surface area (Å²) in [6.45, 7) is 0.706. The number of benzene rings is 2. The first-order valence-electron chi connectivity index (χ1n) is 9.86. The SMILES string of the molecule is COc1ccc([C@@H]2CCCN2C(=O)c2cccc(Nc3ncccn3)c2)c(OC)c1. The highest BCUT2D eigenvalue weighted by Gasteiger charge is 2.32. The third kappa shape index (κ3) is 4.05. The van der Waals surface area contributed by atoms with Gasteiger partial charge in [-0.1, -0.05) is 6.07 Å². The van der Waals surface area contributed by atoms with Crippen molar-refractivity contribution in [1.29, 1.82) is 0 Å². The van der Waals surface area contributed by atoms with E-state index in [1.165, 1.54) is 0 Å². The lowest BCUT2D eigenvalue weighted by molar-refractivity contribution is 0.0734. The Bertz CT molecular complexity index is 1030. The van der Waals surface area contributed by atoms with Gasteiger partial charge in [0.1, 0.15) is 11.5 Å². The minimum absolute atomic E-state index is 0.00648. The van der Waals surface area contributed by atoms with Crippen LogP contribution in [0.1, 0.15) is 34.8 Å². The van der Waals surface area contributed by atoms with Gasteiger partial charge in [-0.05, 0) is 49.2 Å². The smallest absolute Gasteiger partial charge is 0.254 e. The maximum Gasteiger partial charge on any atom is 0.254 e. The Labute approximate surface area is 175 Å². The van der Waals surface area contributed by atoms with Crippen molar-refractivity contribution in [2.45, 2.75) is 18.9 Å². The molecule has 1 atom stereocenters. The van der Waals surface area contributed by atoms with Gasteiger partial charge < -0.3 is 19.7 Å². The number of hydrogen-bond donors (Lipinski definition) is 1. The Morgan fingerprint density at radius 1 is 1.07 bits per heavy atom. The van der Waals surface area contributed by atoms with Crippen LogP contribution in [0.15, 0.2) is 60.9 Å². The van der Waals surface area contributed by atoms with Crippen LogP contribution < -0.4 is 14.8 Å². The van der Waals surface area contributed by atoms with Crippen LogP contribution in [-0.2, 0) is 0 Å². The van der Waals surface area contributed by atoms with E-state index in [-0.39, 0.29) is 11.9 Å². The van der Waals surface area contributed by atoms with Gasteiger partial charge >= 0.3 is 0 Å². The molecule has 0 saturated carbocycles. The van der Waals surface area contributed by atoms with E-state index in [0.717, 1.165) is 35.6 Å². The molecule has 4 rings (SSSR count). The lowest BCUT2D eigenvalue weighted by atomic mass is 10.0. The molecule has 0 bridgehead atoms. The summed E-state index contributed by atoms with van der Waals surface area (Å²) >= 11 is 0. The van der Waals surface area contributed by atoms with Crippen molar-refractivity contribution < 1.29 is 14.3 Å². The first-order valence-corrected chi connectivity index (χ1v) is 9.86. The monoisotopic (exact) mass is 404 g/mol. The second kappa shape index (κ2) is 8.82. The summed E-state index contributed by atoms with van der Waals surface area (Å²) < 4.78 is 10.9. The van der Waals surface area contributed by atoms with Crippen molar-refractivity contribution in [3.8, 4) is 11.5 Å². The molecule has 1 fully saturated rings. The Balaban J connectivity index is 1.58. The van der Waals surface area contributed by atoms with Crippen LogP contribution in [0, 0.1) is 0 Å². The van der Waals surface area contributed by atoms with E-state index in [4.69, 9.17) is 9.47 Å². The highest BCUT2D eigenvalue weighted by molar-refractivity contribution is 5.95. The highest BCUT2D eigenvalue weighted by Crippen LogP contribution is 2.39. The van der Waals surface area contributed by atoms with Crippen LogP contribution in [0.5, 0.6) is 11.5 Å². The first kappa shape index (κ1) is 19.7. The van der Waals surface area contributed by atoms with Gasteiger partial charge in [-0.25, -0.2) is 9.97 Å². The predicted octanol–water partition coefficient (Wildman–Crippen LogP) is 4.21. The summed E-state index contributed by atoms with van der Waals surface area (Å²) in [5.41, 5.74) is 2.39. The summed E-state index contributed by atoms with van der Waals surface area (Å²) in [4.78, 5) is 23.6. The second-order valence-electron chi connectivity index (χ2n) is 7.04. The normalized spacial score (nSPS) is 15.7. The van der Waals surface area contributed by atoms with Crippen LogP contribution in [0.3, 0.4) is 0 Å². The van der Waals surface area contributed by atoms with E-state index in [1.54, 1.807) is 32.7 Å². The molecule has 0 unspecified atom stereocenters. The zero-order valence-electron chi connectivity index (χ0n) is 17.0. The maximum absolute atomic E-state index is 13.4. The lowest BCUT2D eigenvalue weighted by Gasteiger charge is -2.27. The number of aromatic nitrogens is 2. The van der Waals surface area contributed by atoms with E-state index in [0.29, 0.717) is 18.1 Å². The van der Waals surface area contributed by atoms with Crippen LogP contribution in [0.2, 0.25) is 0 Å². The topological polar surface area (TPSA) is 76.6 Å². The summed E-state index contributed by atoms with van der Waals surface area (Å²) in [5.74, 6) is 1.95. The number of nitrogens with zero attached hydrogens (tertiary/aromatic N) is 3. The van der Waals surface area contributed by atoms with E-state index < -0.39 is 0 Å².